The summed E-state index contributed by atoms with van der Waals surface area (Å²) in [5.41, 5.74) is 4.24. The molecule has 1 nitrogen and oxygen atoms in total. The van der Waals surface area contributed by atoms with Crippen LogP contribution >= 0.6 is 0 Å². The summed E-state index contributed by atoms with van der Waals surface area (Å²) in [7, 11) is 0. The van der Waals surface area contributed by atoms with Crippen molar-refractivity contribution in [3.8, 4) is 0 Å². The molecule has 0 unspecified atom stereocenters. The van der Waals surface area contributed by atoms with E-state index in [-0.39, 0.29) is 18.9 Å². The Morgan fingerprint density at radius 3 is 2.41 bits per heavy atom. The van der Waals surface area contributed by atoms with Crippen LogP contribution in [-0.2, 0) is 0 Å². The molecule has 1 saturated heterocycles. The zero-order chi connectivity index (χ0) is 11.1. The Labute approximate surface area is 115 Å². The maximum absolute atomic E-state index is 2.52. The van der Waals surface area contributed by atoms with E-state index in [0.29, 0.717) is 0 Å². The first-order valence-electron chi connectivity index (χ1n) is 6.17. The molecule has 1 heterocycles. The van der Waals surface area contributed by atoms with E-state index in [1.54, 1.807) is 0 Å². The number of benzene rings is 1. The van der Waals surface area contributed by atoms with Crippen molar-refractivity contribution in [3.63, 3.8) is 0 Å². The van der Waals surface area contributed by atoms with Crippen molar-refractivity contribution >= 4 is 16.5 Å². The largest absolute Gasteiger partial charge is 1.00 e. The zero-order valence-corrected chi connectivity index (χ0v) is 11.1. The predicted molar refractivity (Wildman–Crippen MR) is 70.5 cm³/mol. The Hall–Kier alpha value is -0.773. The molecule has 0 spiro atoms. The fourth-order valence-electron chi connectivity index (χ4n) is 2.69. The van der Waals surface area contributed by atoms with Crippen LogP contribution in [0, 0.1) is 13.8 Å². The van der Waals surface area contributed by atoms with E-state index < -0.39 is 0 Å². The average molecular weight is 219 g/mol. The molecule has 0 amide bonds. The van der Waals surface area contributed by atoms with Gasteiger partial charge in [-0.3, -0.25) is 0 Å². The molecule has 0 bridgehead atoms. The molecule has 3 rings (SSSR count). The van der Waals surface area contributed by atoms with Gasteiger partial charge in [-0.15, -0.1) is 35.0 Å². The predicted octanol–water partition coefficient (Wildman–Crippen LogP) is 0.780. The summed E-state index contributed by atoms with van der Waals surface area (Å²) >= 11 is 0. The third kappa shape index (κ3) is 2.15. The van der Waals surface area contributed by atoms with E-state index in [9.17, 15) is 0 Å². The first kappa shape index (κ1) is 12.7. The molecule has 84 valence electrons. The molecule has 1 fully saturated rings. The zero-order valence-electron chi connectivity index (χ0n) is 11.1. The fraction of sp³-hybridized carbons (Fsp3) is 0.400. The summed E-state index contributed by atoms with van der Waals surface area (Å²) in [5.74, 6) is 0. The molecule has 17 heavy (non-hydrogen) atoms. The van der Waals surface area contributed by atoms with Gasteiger partial charge in [0.15, 0.2) is 0 Å². The van der Waals surface area contributed by atoms with Crippen molar-refractivity contribution in [1.82, 2.24) is 0 Å². The molecule has 1 aliphatic rings. The Morgan fingerprint density at radius 2 is 1.71 bits per heavy atom. The average Bonchev–Trinajstić information content (AvgIpc) is 2.87. The van der Waals surface area contributed by atoms with Crippen LogP contribution in [0.5, 0.6) is 0 Å². The van der Waals surface area contributed by atoms with Crippen molar-refractivity contribution in [2.45, 2.75) is 26.7 Å². The van der Waals surface area contributed by atoms with Crippen molar-refractivity contribution in [2.75, 3.05) is 18.0 Å². The number of hydrogen-bond acceptors (Lipinski definition) is 1. The summed E-state index contributed by atoms with van der Waals surface area (Å²) in [6.45, 7) is 6.85. The van der Waals surface area contributed by atoms with Crippen LogP contribution in [0.4, 0.5) is 5.69 Å². The molecular formula is C15H18LiN. The van der Waals surface area contributed by atoms with Gasteiger partial charge in [-0.1, -0.05) is 16.8 Å². The third-order valence-corrected chi connectivity index (χ3v) is 3.81. The van der Waals surface area contributed by atoms with Crippen molar-refractivity contribution in [3.05, 3.63) is 35.4 Å². The minimum atomic E-state index is 0. The molecule has 2 heteroatoms. The SMILES string of the molecule is Cc1cc2[cH-]cc(N3CCCC3)c2cc1C.[Li+]. The minimum Gasteiger partial charge on any atom is -0.417 e. The van der Waals surface area contributed by atoms with E-state index in [2.05, 4.69) is 43.0 Å². The van der Waals surface area contributed by atoms with Crippen LogP contribution in [0.3, 0.4) is 0 Å². The third-order valence-electron chi connectivity index (χ3n) is 3.81. The first-order chi connectivity index (χ1) is 7.75. The Morgan fingerprint density at radius 1 is 1.06 bits per heavy atom. The molecule has 0 radical (unpaired) electrons. The van der Waals surface area contributed by atoms with Gasteiger partial charge in [-0.2, -0.15) is 0 Å². The van der Waals surface area contributed by atoms with Crippen LogP contribution in [0.15, 0.2) is 24.3 Å². The number of hydrogen-bond donors (Lipinski definition) is 0. The van der Waals surface area contributed by atoms with Crippen molar-refractivity contribution in [1.29, 1.82) is 0 Å². The van der Waals surface area contributed by atoms with Gasteiger partial charge in [0, 0.05) is 13.1 Å². The maximum Gasteiger partial charge on any atom is 1.00 e. The summed E-state index contributed by atoms with van der Waals surface area (Å²) < 4.78 is 0. The summed E-state index contributed by atoms with van der Waals surface area (Å²) in [4.78, 5) is 2.52. The van der Waals surface area contributed by atoms with Crippen LogP contribution in [-0.4, -0.2) is 13.1 Å². The van der Waals surface area contributed by atoms with Crippen LogP contribution in [0.2, 0.25) is 0 Å². The van der Waals surface area contributed by atoms with Gasteiger partial charge < -0.3 is 4.90 Å². The molecule has 0 atom stereocenters. The standard InChI is InChI=1S/C15H18N.Li/c1-11-9-13-5-6-15(14(13)10-12(11)2)16-7-3-4-8-16;/h5-6,9-10H,3-4,7-8H2,1-2H3;/q-1;+1. The van der Waals surface area contributed by atoms with Gasteiger partial charge in [0.25, 0.3) is 0 Å². The van der Waals surface area contributed by atoms with E-state index in [4.69, 9.17) is 0 Å². The molecule has 0 N–H and O–H groups in total. The second kappa shape index (κ2) is 4.84. The van der Waals surface area contributed by atoms with Crippen LogP contribution in [0.25, 0.3) is 10.8 Å². The number of rotatable bonds is 1. The monoisotopic (exact) mass is 219 g/mol. The molecule has 0 aromatic heterocycles. The molecule has 0 aliphatic carbocycles. The van der Waals surface area contributed by atoms with Crippen molar-refractivity contribution < 1.29 is 18.9 Å². The summed E-state index contributed by atoms with van der Waals surface area (Å²) in [5, 5.41) is 2.83. The van der Waals surface area contributed by atoms with Crippen LogP contribution in [0.1, 0.15) is 24.0 Å². The molecule has 0 saturated carbocycles. The van der Waals surface area contributed by atoms with Gasteiger partial charge in [-0.05, 0) is 26.7 Å². The van der Waals surface area contributed by atoms with E-state index in [1.165, 1.54) is 53.5 Å². The minimum absolute atomic E-state index is 0. The van der Waals surface area contributed by atoms with E-state index in [1.807, 2.05) is 0 Å². The molecule has 1 aliphatic heterocycles. The number of fused-ring (bicyclic) bond motifs is 1. The molecule has 2 aromatic carbocycles. The Kier molecular flexibility index (Phi) is 3.61. The smallest absolute Gasteiger partial charge is 0.417 e. The second-order valence-corrected chi connectivity index (χ2v) is 4.94. The van der Waals surface area contributed by atoms with Crippen molar-refractivity contribution in [2.24, 2.45) is 0 Å². The number of nitrogens with zero attached hydrogens (tertiary/aromatic N) is 1. The molecule has 2 aromatic rings. The number of anilines is 1. The van der Waals surface area contributed by atoms with Gasteiger partial charge in [0.1, 0.15) is 0 Å². The summed E-state index contributed by atoms with van der Waals surface area (Å²) in [6.07, 6.45) is 2.69. The van der Waals surface area contributed by atoms with Gasteiger partial charge in [0.05, 0.1) is 0 Å². The first-order valence-corrected chi connectivity index (χ1v) is 6.17. The molecular weight excluding hydrogens is 201 g/mol. The quantitative estimate of drug-likeness (QED) is 0.506. The van der Waals surface area contributed by atoms with E-state index in [0.717, 1.165) is 0 Å². The maximum atomic E-state index is 2.52. The topological polar surface area (TPSA) is 3.24 Å². The normalized spacial score (nSPS) is 15.3. The van der Waals surface area contributed by atoms with Gasteiger partial charge >= 0.3 is 18.9 Å². The second-order valence-electron chi connectivity index (χ2n) is 4.94. The van der Waals surface area contributed by atoms with Gasteiger partial charge in [-0.25, -0.2) is 0 Å². The van der Waals surface area contributed by atoms with E-state index >= 15 is 0 Å². The van der Waals surface area contributed by atoms with Crippen LogP contribution < -0.4 is 23.8 Å². The fourth-order valence-corrected chi connectivity index (χ4v) is 2.69. The number of aryl methyl sites for hydroxylation is 2. The summed E-state index contributed by atoms with van der Waals surface area (Å²) in [6, 6.07) is 9.20. The Bertz CT molecular complexity index is 521. The Balaban J connectivity index is 0.00000108. The van der Waals surface area contributed by atoms with Gasteiger partial charge in [0.2, 0.25) is 0 Å².